The van der Waals surface area contributed by atoms with Crippen LogP contribution in [0.5, 0.6) is 5.75 Å². The Morgan fingerprint density at radius 3 is 1.24 bits per heavy atom. The van der Waals surface area contributed by atoms with Crippen LogP contribution in [0, 0.1) is 10.8 Å². The van der Waals surface area contributed by atoms with E-state index in [4.69, 9.17) is 50.0 Å². The molecule has 47 heteroatoms. The number of rotatable bonds is 61. The number of guanidine groups is 2. The van der Waals surface area contributed by atoms with Crippen LogP contribution in [-0.2, 0) is 107 Å². The first-order valence-electron chi connectivity index (χ1n) is 43.7. The van der Waals surface area contributed by atoms with Crippen molar-refractivity contribution in [2.45, 2.75) is 195 Å². The predicted molar refractivity (Wildman–Crippen MR) is 503 cm³/mol. The molecule has 6 rings (SSSR count). The van der Waals surface area contributed by atoms with Gasteiger partial charge in [0.25, 0.3) is 0 Å². The lowest BCUT2D eigenvalue weighted by Gasteiger charge is -2.29. The van der Waals surface area contributed by atoms with Gasteiger partial charge < -0.3 is 144 Å². The topological polar surface area (TPSA) is 751 Å². The van der Waals surface area contributed by atoms with Crippen molar-refractivity contribution in [1.82, 2.24) is 95.0 Å². The van der Waals surface area contributed by atoms with Gasteiger partial charge in [-0.15, -0.1) is 0 Å². The first-order chi connectivity index (χ1) is 64.0. The Kier molecular flexibility index (Phi) is 46.9. The molecule has 16 amide bonds. The standard InChI is InChI=1S/C87H126N26O19S2/c1-48(114)73(113-79(125)62(25-15-35-98-87(94)95)106-83(129)68(46-133)102-49(2)115)85(131)111-67(41-53-43-100-58-21-9-7-19-56(53)58)82(128)107-63(30-31-70(90)117)78(124)112-69(47-134)84(130)109-65(39-51-26-28-54(116)29-27-51)80(126)110-66(40-52-42-99-57-20-8-6-18-55(52)57)81(127)105-61(24-14-34-97-86(92)93)76(122)104-60(23-11-13-33-89)77(123)108-64(38-50-16-4-3-5-17-50)75(121)101-44-71(118)96-36-37-132-45-72(119)103-59(74(91)120)22-10-12-32-88/h3-9,16-21,26-29,42-43,48,59-69,73,99-100,114,116,133-134H,10-15,22-25,30-41,44-47,88-89H2,1-2H3,(H2,90,117)(H2,91,120)(H,96,118)(H,101,121)(H,102,115)(H,103,119)(H,104,122)(H,105,127)(H,106,129)(H,107,128)(H,108,123)(H,109,130)(H,110,126)(H,111,131)(H,112,124)(H,113,125)(H4,92,93,97)(H4,94,95,98)/t48-,59-,60+,61+,62+,63+,64+,65+,66+,67+,68+,69+,73+/m1/s1. The number of aromatic hydroxyl groups is 1. The number of hydrogen-bond acceptors (Lipinski definition) is 25. The highest BCUT2D eigenvalue weighted by Crippen LogP contribution is 2.23. The first kappa shape index (κ1) is 109. The maximum Gasteiger partial charge on any atom is 0.246 e. The zero-order valence-electron chi connectivity index (χ0n) is 74.6. The molecule has 0 aliphatic rings. The van der Waals surface area contributed by atoms with E-state index in [2.05, 4.69) is 120 Å². The number of unbranched alkanes of at least 4 members (excludes halogenated alkanes) is 2. The maximum atomic E-state index is 15.5. The summed E-state index contributed by atoms with van der Waals surface area (Å²) in [6.45, 7) is 1.60. The number of H-pyrrole nitrogens is 2. The van der Waals surface area contributed by atoms with E-state index in [1.165, 1.54) is 24.3 Å². The van der Waals surface area contributed by atoms with Gasteiger partial charge in [0, 0.05) is 104 Å². The van der Waals surface area contributed by atoms with Crippen LogP contribution in [0.2, 0.25) is 0 Å². The molecule has 730 valence electrons. The Balaban J connectivity index is 1.27. The number of ether oxygens (including phenoxy) is 1. The van der Waals surface area contributed by atoms with Crippen LogP contribution in [0.4, 0.5) is 0 Å². The van der Waals surface area contributed by atoms with Crippen LogP contribution in [-0.4, -0.2) is 269 Å². The molecule has 0 spiro atoms. The van der Waals surface area contributed by atoms with Crippen molar-refractivity contribution in [2.75, 3.05) is 64.0 Å². The predicted octanol–water partition coefficient (Wildman–Crippen LogP) is -5.51. The third-order valence-corrected chi connectivity index (χ3v) is 21.9. The Hall–Kier alpha value is -13.6. The lowest BCUT2D eigenvalue weighted by molar-refractivity contribution is -0.137. The minimum atomic E-state index is -1.88. The number of benzene rings is 4. The van der Waals surface area contributed by atoms with Crippen molar-refractivity contribution in [3.05, 3.63) is 138 Å². The molecule has 2 aromatic heterocycles. The van der Waals surface area contributed by atoms with Crippen molar-refractivity contribution in [3.63, 3.8) is 0 Å². The van der Waals surface area contributed by atoms with E-state index < -0.39 is 217 Å². The SMILES string of the molecule is CC(=O)N[C@@H](CS)C(=O)N[C@@H](CCCNC(=N)N)C(=O)N[C@H](C(=O)N[C@@H](Cc1c[nH]c2ccccc12)C(=O)N[C@@H](CCC(N)=O)C(=O)N[C@@H](CS)C(=O)N[C@@H](Cc1ccc(O)cc1)C(=O)N[C@@H](Cc1c[nH]c2ccccc12)C(=O)N[C@@H](CCCNC(=N)N)C(=O)N[C@@H](CCCCN)C(=O)N[C@@H](Cc1ccccc1)C(=O)NCC(=O)NCCOCC(=O)N[C@H](CCCCN)C(N)=O)[C@@H](C)O. The summed E-state index contributed by atoms with van der Waals surface area (Å²) < 4.78 is 5.37. The van der Waals surface area contributed by atoms with Gasteiger partial charge in [0.15, 0.2) is 11.9 Å². The molecular formula is C87H126N26O19S2. The Morgan fingerprint density at radius 2 is 0.791 bits per heavy atom. The molecule has 0 unspecified atom stereocenters. The van der Waals surface area contributed by atoms with E-state index >= 15 is 19.2 Å². The van der Waals surface area contributed by atoms with Crippen LogP contribution in [0.3, 0.4) is 0 Å². The lowest BCUT2D eigenvalue weighted by Crippen LogP contribution is -2.62. The number of aliphatic hydroxyl groups excluding tert-OH is 1. The highest BCUT2D eigenvalue weighted by atomic mass is 32.1. The van der Waals surface area contributed by atoms with Gasteiger partial charge in [-0.1, -0.05) is 78.9 Å². The monoisotopic (exact) mass is 1900 g/mol. The molecule has 134 heavy (non-hydrogen) atoms. The number of phenols is 1. The van der Waals surface area contributed by atoms with Crippen LogP contribution in [0.25, 0.3) is 21.8 Å². The van der Waals surface area contributed by atoms with Crippen LogP contribution in [0.1, 0.15) is 113 Å². The van der Waals surface area contributed by atoms with Gasteiger partial charge in [-0.25, -0.2) is 0 Å². The number of nitrogens with one attached hydrogen (secondary N) is 20. The van der Waals surface area contributed by atoms with Crippen LogP contribution in [0.15, 0.2) is 116 Å². The number of primary amides is 2. The van der Waals surface area contributed by atoms with E-state index in [-0.39, 0.29) is 115 Å². The average Bonchev–Trinajstić information content (AvgIpc) is 1.64. The molecule has 0 bridgehead atoms. The van der Waals surface area contributed by atoms with E-state index in [1.54, 1.807) is 91.3 Å². The van der Waals surface area contributed by atoms with Gasteiger partial charge in [0.1, 0.15) is 84.9 Å². The number of para-hydroxylation sites is 2. The highest BCUT2D eigenvalue weighted by Gasteiger charge is 2.39. The van der Waals surface area contributed by atoms with Gasteiger partial charge in [-0.2, -0.15) is 25.3 Å². The zero-order chi connectivity index (χ0) is 98.3. The van der Waals surface area contributed by atoms with Crippen molar-refractivity contribution in [2.24, 2.45) is 34.4 Å². The quantitative estimate of drug-likeness (QED) is 0.00733. The van der Waals surface area contributed by atoms with Crippen LogP contribution >= 0.6 is 25.3 Å². The molecule has 0 saturated carbocycles. The van der Waals surface area contributed by atoms with Gasteiger partial charge in [-0.05, 0) is 137 Å². The molecule has 0 saturated heterocycles. The fourth-order valence-corrected chi connectivity index (χ4v) is 14.6. The number of aliphatic hydroxyl groups is 1. The van der Waals surface area contributed by atoms with Gasteiger partial charge in [-0.3, -0.25) is 87.5 Å². The second-order valence-electron chi connectivity index (χ2n) is 31.8. The van der Waals surface area contributed by atoms with Crippen molar-refractivity contribution in [3.8, 4) is 5.75 Å². The lowest BCUT2D eigenvalue weighted by atomic mass is 10.0. The van der Waals surface area contributed by atoms with Crippen molar-refractivity contribution < 1.29 is 91.7 Å². The minimum absolute atomic E-state index is 0.0127. The maximum absolute atomic E-state index is 15.5. The number of fused-ring (bicyclic) bond motifs is 2. The number of carbonyl (C=O) groups excluding carboxylic acids is 16. The Morgan fingerprint density at radius 1 is 0.403 bits per heavy atom. The summed E-state index contributed by atoms with van der Waals surface area (Å²) in [7, 11) is 0. The molecule has 34 N–H and O–H groups in total. The molecule has 4 aromatic carbocycles. The number of amides is 16. The molecule has 2 heterocycles. The summed E-state index contributed by atoms with van der Waals surface area (Å²) in [5.41, 5.74) is 36.6. The number of thiol groups is 2. The number of carbonyl (C=O) groups is 16. The third-order valence-electron chi connectivity index (χ3n) is 21.1. The van der Waals surface area contributed by atoms with Gasteiger partial charge in [0.05, 0.1) is 19.3 Å². The Labute approximate surface area is 784 Å². The summed E-state index contributed by atoms with van der Waals surface area (Å²) in [6, 6.07) is 9.42. The van der Waals surface area contributed by atoms with E-state index in [9.17, 15) is 67.7 Å². The summed E-state index contributed by atoms with van der Waals surface area (Å²) in [4.78, 5) is 230. The minimum Gasteiger partial charge on any atom is -0.508 e. The van der Waals surface area contributed by atoms with Gasteiger partial charge in [0.2, 0.25) is 94.5 Å². The fraction of sp³-hybridized carbons (Fsp3) is 0.471. The number of phenolic OH excluding ortho intramolecular Hbond substituents is 1. The van der Waals surface area contributed by atoms with E-state index in [1.807, 2.05) is 0 Å². The molecule has 6 aromatic rings. The summed E-state index contributed by atoms with van der Waals surface area (Å²) in [5, 5.41) is 79.6. The molecule has 0 radical (unpaired) electrons. The highest BCUT2D eigenvalue weighted by molar-refractivity contribution is 7.80. The molecule has 0 fully saturated rings. The van der Waals surface area contributed by atoms with E-state index in [0.717, 1.165) is 13.8 Å². The molecule has 0 aliphatic carbocycles. The second kappa shape index (κ2) is 57.6. The number of hydrogen-bond donors (Lipinski definition) is 30. The number of aromatic nitrogens is 2. The third kappa shape index (κ3) is 38.3. The number of aromatic amines is 2. The van der Waals surface area contributed by atoms with Crippen LogP contribution < -0.4 is 119 Å². The van der Waals surface area contributed by atoms with Crippen molar-refractivity contribution in [1.29, 1.82) is 10.8 Å². The smallest absolute Gasteiger partial charge is 0.246 e. The van der Waals surface area contributed by atoms with E-state index in [0.29, 0.717) is 69.9 Å². The largest absolute Gasteiger partial charge is 0.508 e. The fourth-order valence-electron chi connectivity index (χ4n) is 14.0. The number of nitrogens with two attached hydrogens (primary N) is 6. The average molecular weight is 1900 g/mol. The molecule has 45 nitrogen and oxygen atoms in total. The normalized spacial score (nSPS) is 14.0. The first-order valence-corrected chi connectivity index (χ1v) is 45.0. The second-order valence-corrected chi connectivity index (χ2v) is 32.5. The molecule has 0 aliphatic heterocycles. The van der Waals surface area contributed by atoms with Gasteiger partial charge >= 0.3 is 0 Å². The zero-order valence-corrected chi connectivity index (χ0v) is 76.3. The van der Waals surface area contributed by atoms with Crippen molar-refractivity contribution >= 4 is 153 Å². The summed E-state index contributed by atoms with van der Waals surface area (Å²) in [5.74, 6) is -16.3. The summed E-state index contributed by atoms with van der Waals surface area (Å²) >= 11 is 8.57. The summed E-state index contributed by atoms with van der Waals surface area (Å²) in [6.07, 6.45) is 0.902. The molecular weight excluding hydrogens is 1780 g/mol. The molecule has 13 atom stereocenters. The Bertz CT molecular complexity index is 4970.